The Kier molecular flexibility index (Phi) is 9.30. The van der Waals surface area contributed by atoms with Crippen LogP contribution in [0.3, 0.4) is 0 Å². The Labute approximate surface area is 282 Å². The van der Waals surface area contributed by atoms with Crippen LogP contribution in [-0.2, 0) is 32.0 Å². The number of hydrogen-bond acceptors (Lipinski definition) is 8. The molecule has 0 spiro atoms. The van der Waals surface area contributed by atoms with Gasteiger partial charge in [0.1, 0.15) is 16.8 Å². The monoisotopic (exact) mass is 688 g/mol. The first kappa shape index (κ1) is 36.1. The second-order valence-electron chi connectivity index (χ2n) is 14.8. The molecule has 2 amide bonds. The summed E-state index contributed by atoms with van der Waals surface area (Å²) in [5, 5.41) is 10.9. The molecule has 2 atom stereocenters. The zero-order valence-electron chi connectivity index (χ0n) is 29.0. The topological polar surface area (TPSA) is 123 Å². The van der Waals surface area contributed by atoms with Crippen LogP contribution >= 0.6 is 0 Å². The number of pyridine rings is 1. The summed E-state index contributed by atoms with van der Waals surface area (Å²) in [4.78, 5) is 46.6. The third-order valence-corrected chi connectivity index (χ3v) is 8.51. The quantitative estimate of drug-likeness (QED) is 0.340. The van der Waals surface area contributed by atoms with Crippen molar-refractivity contribution in [3.63, 3.8) is 0 Å². The van der Waals surface area contributed by atoms with E-state index in [2.05, 4.69) is 4.98 Å². The number of aromatic nitrogens is 2. The maximum Gasteiger partial charge on any atom is 0.426 e. The third-order valence-electron chi connectivity index (χ3n) is 8.51. The smallest absolute Gasteiger partial charge is 0.426 e. The Morgan fingerprint density at radius 3 is 2.22 bits per heavy atom. The fourth-order valence-electron chi connectivity index (χ4n) is 6.04. The van der Waals surface area contributed by atoms with Gasteiger partial charge in [0.05, 0.1) is 19.3 Å². The Morgan fingerprint density at radius 2 is 1.59 bits per heavy atom. The fourth-order valence-corrected chi connectivity index (χ4v) is 6.04. The van der Waals surface area contributed by atoms with Crippen LogP contribution < -0.4 is 0 Å². The summed E-state index contributed by atoms with van der Waals surface area (Å²) in [7, 11) is 0. The van der Waals surface area contributed by atoms with Gasteiger partial charge in [-0.05, 0) is 102 Å². The molecule has 0 unspecified atom stereocenters. The summed E-state index contributed by atoms with van der Waals surface area (Å²) in [6, 6.07) is 4.93. The van der Waals surface area contributed by atoms with Gasteiger partial charge in [-0.3, -0.25) is 9.69 Å². The van der Waals surface area contributed by atoms with Crippen molar-refractivity contribution in [2.75, 3.05) is 26.3 Å². The molecule has 5 rings (SSSR count). The number of rotatable bonds is 3. The van der Waals surface area contributed by atoms with Gasteiger partial charge < -0.3 is 24.2 Å². The fraction of sp³-hybridized carbons (Fsp3) is 0.543. The Bertz CT molecular complexity index is 1790. The van der Waals surface area contributed by atoms with E-state index >= 15 is 0 Å². The molecule has 1 saturated heterocycles. The van der Waals surface area contributed by atoms with Crippen molar-refractivity contribution in [3.8, 4) is 11.1 Å². The van der Waals surface area contributed by atoms with Crippen molar-refractivity contribution in [3.05, 3.63) is 52.8 Å². The molecule has 1 aromatic carbocycles. The van der Waals surface area contributed by atoms with E-state index in [1.54, 1.807) is 53.9 Å². The average molecular weight is 689 g/mol. The van der Waals surface area contributed by atoms with E-state index in [4.69, 9.17) is 14.2 Å². The highest BCUT2D eigenvalue weighted by Gasteiger charge is 2.57. The van der Waals surface area contributed by atoms with Gasteiger partial charge in [0.2, 0.25) is 5.60 Å². The number of fused-ring (bicyclic) bond motifs is 2. The van der Waals surface area contributed by atoms with Crippen LogP contribution in [0.2, 0.25) is 0 Å². The van der Waals surface area contributed by atoms with E-state index in [1.165, 1.54) is 9.47 Å². The molecule has 49 heavy (non-hydrogen) atoms. The van der Waals surface area contributed by atoms with Crippen LogP contribution in [0.1, 0.15) is 76.8 Å². The number of ether oxygens (including phenoxy) is 3. The number of benzene rings is 1. The maximum absolute atomic E-state index is 13.7. The van der Waals surface area contributed by atoms with Gasteiger partial charge in [0.25, 0.3) is 5.91 Å². The summed E-state index contributed by atoms with van der Waals surface area (Å²) in [5.74, 6) is -1.45. The molecule has 0 radical (unpaired) electrons. The molecule has 0 bridgehead atoms. The van der Waals surface area contributed by atoms with Gasteiger partial charge in [-0.2, -0.15) is 13.2 Å². The predicted molar refractivity (Wildman–Crippen MR) is 174 cm³/mol. The number of carbonyl (C=O) groups excluding carboxylic acids is 3. The molecular formula is C35H43F3N4O7. The minimum absolute atomic E-state index is 0.0625. The van der Waals surface area contributed by atoms with Crippen molar-refractivity contribution in [1.29, 1.82) is 0 Å². The minimum atomic E-state index is -5.17. The van der Waals surface area contributed by atoms with Gasteiger partial charge in [-0.15, -0.1) is 0 Å². The number of carbonyl (C=O) groups is 3. The minimum Gasteiger partial charge on any atom is -0.444 e. The van der Waals surface area contributed by atoms with Crippen LogP contribution in [0.4, 0.5) is 22.8 Å². The van der Waals surface area contributed by atoms with Gasteiger partial charge in [-0.1, -0.05) is 6.07 Å². The van der Waals surface area contributed by atoms with Crippen molar-refractivity contribution in [2.24, 2.45) is 0 Å². The zero-order valence-corrected chi connectivity index (χ0v) is 29.0. The number of hydrogen-bond donors (Lipinski definition) is 1. The lowest BCUT2D eigenvalue weighted by atomic mass is 9.86. The first-order chi connectivity index (χ1) is 22.6. The second-order valence-corrected chi connectivity index (χ2v) is 14.8. The van der Waals surface area contributed by atoms with E-state index in [9.17, 15) is 32.7 Å². The van der Waals surface area contributed by atoms with Crippen LogP contribution in [0, 0.1) is 6.92 Å². The number of nitrogens with zero attached hydrogens (tertiary/aromatic N) is 4. The largest absolute Gasteiger partial charge is 0.444 e. The molecule has 3 aromatic rings. The summed E-state index contributed by atoms with van der Waals surface area (Å²) >= 11 is 0. The number of morpholine rings is 1. The van der Waals surface area contributed by atoms with Gasteiger partial charge in [0.15, 0.2) is 0 Å². The molecule has 4 heterocycles. The highest BCUT2D eigenvalue weighted by molar-refractivity contribution is 5.92. The Hall–Kier alpha value is -4.17. The van der Waals surface area contributed by atoms with Crippen molar-refractivity contribution >= 4 is 29.1 Å². The second kappa shape index (κ2) is 12.6. The summed E-state index contributed by atoms with van der Waals surface area (Å²) < 4.78 is 59.4. The number of aliphatic hydroxyl groups is 1. The highest BCUT2D eigenvalue weighted by atomic mass is 19.4. The van der Waals surface area contributed by atoms with E-state index in [0.717, 1.165) is 16.0 Å². The molecule has 0 saturated carbocycles. The standard InChI is InChI=1S/C35H43F3N4O7/c1-20-17-42(31(45)49-33(5,6)7)28-24(20)15-23(16-39-28)22-13-21-9-10-40(29(43)34(8,46)35(36,37)38)18-26(21)25(14-22)27-19-47-12-11-41(27)30(44)48-32(2,3)4/h13-17,27,46H,9-12,18-19H2,1-8H3/t27-,34+/m0/s1. The molecule has 11 nitrogen and oxygen atoms in total. The molecular weight excluding hydrogens is 645 g/mol. The van der Waals surface area contributed by atoms with E-state index in [0.29, 0.717) is 40.2 Å². The normalized spacial score (nSPS) is 18.6. The van der Waals surface area contributed by atoms with Crippen molar-refractivity contribution in [1.82, 2.24) is 19.4 Å². The molecule has 2 aliphatic heterocycles. The Morgan fingerprint density at radius 1 is 0.939 bits per heavy atom. The first-order valence-electron chi connectivity index (χ1n) is 16.1. The molecule has 0 aliphatic carbocycles. The molecule has 2 aliphatic rings. The zero-order chi connectivity index (χ0) is 36.3. The van der Waals surface area contributed by atoms with Crippen LogP contribution in [-0.4, -0.2) is 91.8 Å². The molecule has 2 aromatic heterocycles. The molecule has 1 N–H and O–H groups in total. The van der Waals surface area contributed by atoms with Crippen molar-refractivity contribution in [2.45, 2.75) is 97.4 Å². The summed E-state index contributed by atoms with van der Waals surface area (Å²) in [6.07, 6.45) is -2.84. The highest BCUT2D eigenvalue weighted by Crippen LogP contribution is 2.39. The first-order valence-corrected chi connectivity index (χ1v) is 16.1. The average Bonchev–Trinajstić information content (AvgIpc) is 3.33. The lowest BCUT2D eigenvalue weighted by Gasteiger charge is -2.40. The van der Waals surface area contributed by atoms with Gasteiger partial charge in [0, 0.05) is 43.0 Å². The predicted octanol–water partition coefficient (Wildman–Crippen LogP) is 6.30. The molecule has 266 valence electrons. The van der Waals surface area contributed by atoms with E-state index < -0.39 is 47.1 Å². The van der Waals surface area contributed by atoms with E-state index in [1.807, 2.05) is 25.1 Å². The lowest BCUT2D eigenvalue weighted by Crippen LogP contribution is -2.57. The number of amides is 2. The summed E-state index contributed by atoms with van der Waals surface area (Å²) in [5.41, 5.74) is -0.562. The molecule has 14 heteroatoms. The van der Waals surface area contributed by atoms with E-state index in [-0.39, 0.29) is 39.3 Å². The van der Waals surface area contributed by atoms with Gasteiger partial charge in [-0.25, -0.2) is 19.1 Å². The third kappa shape index (κ3) is 7.40. The molecule has 1 fully saturated rings. The summed E-state index contributed by atoms with van der Waals surface area (Å²) in [6.45, 7) is 13.1. The van der Waals surface area contributed by atoms with Crippen LogP contribution in [0.5, 0.6) is 0 Å². The van der Waals surface area contributed by atoms with Crippen LogP contribution in [0.25, 0.3) is 22.2 Å². The maximum atomic E-state index is 13.7. The number of halogens is 3. The van der Waals surface area contributed by atoms with Crippen molar-refractivity contribution < 1.29 is 46.9 Å². The Balaban J connectivity index is 1.61. The number of aryl methyl sites for hydroxylation is 1. The van der Waals surface area contributed by atoms with Gasteiger partial charge >= 0.3 is 18.4 Å². The van der Waals surface area contributed by atoms with Crippen LogP contribution in [0.15, 0.2) is 30.6 Å². The SMILES string of the molecule is Cc1cn(C(=O)OC(C)(C)C)c2ncc(-c3cc4c(c([C@@H]5COCCN5C(=O)OC(C)(C)C)c3)CN(C(=O)[C@@](C)(O)C(F)(F)F)CC4)cc12. The lowest BCUT2D eigenvalue weighted by molar-refractivity contribution is -0.250. The number of alkyl halides is 3.